The highest BCUT2D eigenvalue weighted by atomic mass is 16.6. The van der Waals surface area contributed by atoms with Gasteiger partial charge in [0.1, 0.15) is 5.60 Å². The number of esters is 1. The van der Waals surface area contributed by atoms with Crippen LogP contribution in [0.2, 0.25) is 0 Å². The van der Waals surface area contributed by atoms with Gasteiger partial charge in [-0.15, -0.1) is 0 Å². The van der Waals surface area contributed by atoms with Crippen molar-refractivity contribution >= 4 is 5.97 Å². The van der Waals surface area contributed by atoms with E-state index < -0.39 is 0 Å². The van der Waals surface area contributed by atoms with Gasteiger partial charge in [-0.05, 0) is 27.7 Å². The van der Waals surface area contributed by atoms with Gasteiger partial charge in [0.2, 0.25) is 0 Å². The van der Waals surface area contributed by atoms with Crippen LogP contribution in [0.1, 0.15) is 34.1 Å². The minimum Gasteiger partial charge on any atom is -0.460 e. The van der Waals surface area contributed by atoms with Crippen LogP contribution in [0, 0.1) is 0 Å². The van der Waals surface area contributed by atoms with Crippen molar-refractivity contribution in [2.24, 2.45) is 0 Å². The first kappa shape index (κ1) is 14.4. The molecule has 0 aliphatic carbocycles. The number of carbonyl (C=O) groups is 1. The van der Waals surface area contributed by atoms with Gasteiger partial charge in [0.15, 0.2) is 0 Å². The SMILES string of the molecule is CCOCCNCCC(=O)OC(C)(C)C. The van der Waals surface area contributed by atoms with E-state index in [0.29, 0.717) is 19.6 Å². The zero-order valence-electron chi connectivity index (χ0n) is 10.3. The Morgan fingerprint density at radius 3 is 2.47 bits per heavy atom. The number of nitrogens with one attached hydrogen (secondary N) is 1. The Labute approximate surface area is 92.3 Å². The normalized spacial score (nSPS) is 11.5. The van der Waals surface area contributed by atoms with Crippen molar-refractivity contribution in [2.45, 2.75) is 39.7 Å². The smallest absolute Gasteiger partial charge is 0.307 e. The minimum atomic E-state index is -0.387. The van der Waals surface area contributed by atoms with E-state index in [0.717, 1.165) is 13.2 Å². The van der Waals surface area contributed by atoms with Gasteiger partial charge in [-0.1, -0.05) is 0 Å². The number of carbonyl (C=O) groups excluding carboxylic acids is 1. The van der Waals surface area contributed by atoms with Crippen molar-refractivity contribution in [3.8, 4) is 0 Å². The summed E-state index contributed by atoms with van der Waals surface area (Å²) in [5.74, 6) is -0.161. The van der Waals surface area contributed by atoms with Crippen LogP contribution in [-0.4, -0.2) is 37.9 Å². The highest BCUT2D eigenvalue weighted by Gasteiger charge is 2.15. The number of hydrogen-bond donors (Lipinski definition) is 1. The molecule has 0 radical (unpaired) electrons. The van der Waals surface area contributed by atoms with Gasteiger partial charge in [-0.2, -0.15) is 0 Å². The van der Waals surface area contributed by atoms with E-state index in [2.05, 4.69) is 5.32 Å². The largest absolute Gasteiger partial charge is 0.460 e. The molecule has 0 spiro atoms. The molecule has 0 heterocycles. The second-order valence-corrected chi connectivity index (χ2v) is 4.28. The Balaban J connectivity index is 3.32. The maximum Gasteiger partial charge on any atom is 0.307 e. The van der Waals surface area contributed by atoms with Crippen LogP contribution in [0.15, 0.2) is 0 Å². The average molecular weight is 217 g/mol. The summed E-state index contributed by atoms with van der Waals surface area (Å²) in [7, 11) is 0. The third kappa shape index (κ3) is 11.3. The van der Waals surface area contributed by atoms with E-state index in [1.54, 1.807) is 0 Å². The van der Waals surface area contributed by atoms with Crippen LogP contribution in [0.5, 0.6) is 0 Å². The van der Waals surface area contributed by atoms with Gasteiger partial charge >= 0.3 is 5.97 Å². The number of hydrogen-bond acceptors (Lipinski definition) is 4. The van der Waals surface area contributed by atoms with Crippen molar-refractivity contribution in [3.63, 3.8) is 0 Å². The fraction of sp³-hybridized carbons (Fsp3) is 0.909. The third-order valence-corrected chi connectivity index (χ3v) is 1.55. The third-order valence-electron chi connectivity index (χ3n) is 1.55. The van der Waals surface area contributed by atoms with Crippen molar-refractivity contribution in [2.75, 3.05) is 26.3 Å². The molecule has 0 aliphatic rings. The summed E-state index contributed by atoms with van der Waals surface area (Å²) in [5.41, 5.74) is -0.387. The molecule has 0 aromatic rings. The van der Waals surface area contributed by atoms with Crippen LogP contribution in [0.25, 0.3) is 0 Å². The molecule has 1 N–H and O–H groups in total. The zero-order chi connectivity index (χ0) is 11.7. The lowest BCUT2D eigenvalue weighted by molar-refractivity contribution is -0.154. The first-order valence-corrected chi connectivity index (χ1v) is 5.46. The standard InChI is InChI=1S/C11H23NO3/c1-5-14-9-8-12-7-6-10(13)15-11(2,3)4/h12H,5-9H2,1-4H3. The van der Waals surface area contributed by atoms with Crippen molar-refractivity contribution < 1.29 is 14.3 Å². The Morgan fingerprint density at radius 1 is 1.27 bits per heavy atom. The van der Waals surface area contributed by atoms with E-state index in [4.69, 9.17) is 9.47 Å². The van der Waals surface area contributed by atoms with Crippen LogP contribution in [0.4, 0.5) is 0 Å². The monoisotopic (exact) mass is 217 g/mol. The fourth-order valence-corrected chi connectivity index (χ4v) is 0.997. The predicted octanol–water partition coefficient (Wildman–Crippen LogP) is 1.34. The zero-order valence-corrected chi connectivity index (χ0v) is 10.3. The van der Waals surface area contributed by atoms with E-state index in [-0.39, 0.29) is 11.6 Å². The predicted molar refractivity (Wildman–Crippen MR) is 59.8 cm³/mol. The van der Waals surface area contributed by atoms with Crippen LogP contribution < -0.4 is 5.32 Å². The second-order valence-electron chi connectivity index (χ2n) is 4.28. The summed E-state index contributed by atoms with van der Waals surface area (Å²) in [6, 6.07) is 0. The summed E-state index contributed by atoms with van der Waals surface area (Å²) in [4.78, 5) is 11.3. The second kappa shape index (κ2) is 7.65. The molecule has 4 heteroatoms. The summed E-state index contributed by atoms with van der Waals surface area (Å²) in [6.07, 6.45) is 0.406. The fourth-order valence-electron chi connectivity index (χ4n) is 0.997. The summed E-state index contributed by atoms with van der Waals surface area (Å²) >= 11 is 0. The maximum absolute atomic E-state index is 11.3. The van der Waals surface area contributed by atoms with E-state index in [1.807, 2.05) is 27.7 Å². The van der Waals surface area contributed by atoms with Crippen molar-refractivity contribution in [3.05, 3.63) is 0 Å². The number of ether oxygens (including phenoxy) is 2. The molecular weight excluding hydrogens is 194 g/mol. The highest BCUT2D eigenvalue weighted by Crippen LogP contribution is 2.07. The lowest BCUT2D eigenvalue weighted by atomic mass is 10.2. The van der Waals surface area contributed by atoms with E-state index in [9.17, 15) is 4.79 Å². The molecule has 0 saturated heterocycles. The minimum absolute atomic E-state index is 0.161. The van der Waals surface area contributed by atoms with Gasteiger partial charge in [-0.3, -0.25) is 4.79 Å². The average Bonchev–Trinajstić information content (AvgIpc) is 2.08. The molecule has 0 rings (SSSR count). The van der Waals surface area contributed by atoms with Gasteiger partial charge in [0.05, 0.1) is 13.0 Å². The summed E-state index contributed by atoms with van der Waals surface area (Å²) < 4.78 is 10.3. The first-order valence-electron chi connectivity index (χ1n) is 5.46. The molecule has 0 atom stereocenters. The van der Waals surface area contributed by atoms with Crippen molar-refractivity contribution in [1.29, 1.82) is 0 Å². The highest BCUT2D eigenvalue weighted by molar-refractivity contribution is 5.70. The molecule has 0 unspecified atom stereocenters. The first-order chi connectivity index (χ1) is 6.95. The van der Waals surface area contributed by atoms with E-state index >= 15 is 0 Å². The molecule has 0 bridgehead atoms. The van der Waals surface area contributed by atoms with Crippen molar-refractivity contribution in [1.82, 2.24) is 5.32 Å². The summed E-state index contributed by atoms with van der Waals surface area (Å²) in [5, 5.41) is 3.11. The Hall–Kier alpha value is -0.610. The Bertz CT molecular complexity index is 175. The molecule has 0 amide bonds. The Kier molecular flexibility index (Phi) is 7.34. The topological polar surface area (TPSA) is 47.6 Å². The molecule has 90 valence electrons. The van der Waals surface area contributed by atoms with Crippen LogP contribution in [-0.2, 0) is 14.3 Å². The molecule has 15 heavy (non-hydrogen) atoms. The molecule has 0 aromatic carbocycles. The Morgan fingerprint density at radius 2 is 1.93 bits per heavy atom. The molecule has 4 nitrogen and oxygen atoms in total. The van der Waals surface area contributed by atoms with Gasteiger partial charge in [0, 0.05) is 19.7 Å². The lowest BCUT2D eigenvalue weighted by Gasteiger charge is -2.19. The van der Waals surface area contributed by atoms with E-state index in [1.165, 1.54) is 0 Å². The quantitative estimate of drug-likeness (QED) is 0.516. The summed E-state index contributed by atoms with van der Waals surface area (Å²) in [6.45, 7) is 10.4. The van der Waals surface area contributed by atoms with Crippen LogP contribution >= 0.6 is 0 Å². The van der Waals surface area contributed by atoms with Crippen LogP contribution in [0.3, 0.4) is 0 Å². The molecule has 0 saturated carbocycles. The molecule has 0 aromatic heterocycles. The molecular formula is C11H23NO3. The van der Waals surface area contributed by atoms with Gasteiger partial charge in [-0.25, -0.2) is 0 Å². The number of rotatable bonds is 7. The molecule has 0 aliphatic heterocycles. The maximum atomic E-state index is 11.3. The lowest BCUT2D eigenvalue weighted by Crippen LogP contribution is -2.28. The van der Waals surface area contributed by atoms with Gasteiger partial charge < -0.3 is 14.8 Å². The molecule has 0 fully saturated rings. The van der Waals surface area contributed by atoms with Gasteiger partial charge in [0.25, 0.3) is 0 Å².